The van der Waals surface area contributed by atoms with Crippen molar-refractivity contribution in [2.75, 3.05) is 32.9 Å². The molecule has 0 unspecified atom stereocenters. The van der Waals surface area contributed by atoms with Gasteiger partial charge in [-0.15, -0.1) is 0 Å². The predicted octanol–water partition coefficient (Wildman–Crippen LogP) is 0.820. The maximum Gasteiger partial charge on any atom is 0.336 e. The Kier molecular flexibility index (Phi) is 9.99. The highest BCUT2D eigenvalue weighted by Gasteiger charge is 2.40. The monoisotopic (exact) mass is 527 g/mol. The minimum absolute atomic E-state index is 0.128. The van der Waals surface area contributed by atoms with Gasteiger partial charge in [0.1, 0.15) is 0 Å². The second-order valence-corrected chi connectivity index (χ2v) is 11.0. The first-order valence-electron chi connectivity index (χ1n) is 11.4. The number of H-pyrrole nitrogens is 1. The molecule has 1 saturated heterocycles. The topological polar surface area (TPSA) is 197 Å². The summed E-state index contributed by atoms with van der Waals surface area (Å²) in [5.74, 6) is -4.30. The van der Waals surface area contributed by atoms with Crippen molar-refractivity contribution in [1.29, 1.82) is 0 Å². The Labute approximate surface area is 209 Å². The third-order valence-electron chi connectivity index (χ3n) is 6.19. The normalized spacial score (nSPS) is 15.3. The van der Waals surface area contributed by atoms with Gasteiger partial charge in [0.25, 0.3) is 0 Å². The number of benzene rings is 1. The number of likely N-dealkylation sites (tertiary alicyclic amines) is 1. The number of aromatic amines is 1. The zero-order valence-corrected chi connectivity index (χ0v) is 21.0. The quantitative estimate of drug-likeness (QED) is 0.257. The summed E-state index contributed by atoms with van der Waals surface area (Å²) < 4.78 is 25.6. The van der Waals surface area contributed by atoms with Crippen LogP contribution in [0.25, 0.3) is 10.9 Å². The number of rotatable bonds is 10. The van der Waals surface area contributed by atoms with Crippen molar-refractivity contribution in [2.24, 2.45) is 0 Å². The molecule has 0 amide bonds. The number of carboxylic acids is 3. The highest BCUT2D eigenvalue weighted by atomic mass is 32.2. The first-order chi connectivity index (χ1) is 16.8. The van der Waals surface area contributed by atoms with Crippen LogP contribution in [0.4, 0.5) is 0 Å². The van der Waals surface area contributed by atoms with E-state index in [0.29, 0.717) is 12.3 Å². The van der Waals surface area contributed by atoms with Gasteiger partial charge in [0.05, 0.1) is 18.6 Å². The average Bonchev–Trinajstić information content (AvgIpc) is 3.21. The van der Waals surface area contributed by atoms with E-state index in [1.54, 1.807) is 0 Å². The molecule has 1 fully saturated rings. The van der Waals surface area contributed by atoms with Crippen LogP contribution in [0.5, 0.6) is 0 Å². The Bertz CT molecular complexity index is 1170. The number of aryl methyl sites for hydroxylation is 1. The van der Waals surface area contributed by atoms with E-state index >= 15 is 0 Å². The minimum atomic E-state index is -3.16. The van der Waals surface area contributed by atoms with Crippen LogP contribution in [0.3, 0.4) is 0 Å². The summed E-state index contributed by atoms with van der Waals surface area (Å²) in [4.78, 5) is 36.2. The number of aromatic nitrogens is 1. The molecule has 0 aliphatic carbocycles. The molecule has 6 N–H and O–H groups in total. The fourth-order valence-corrected chi connectivity index (χ4v) is 4.78. The lowest BCUT2D eigenvalue weighted by Gasteiger charge is -2.28. The molecule has 1 aromatic heterocycles. The van der Waals surface area contributed by atoms with E-state index in [2.05, 4.69) is 40.0 Å². The first-order valence-corrected chi connectivity index (χ1v) is 13.0. The van der Waals surface area contributed by atoms with Crippen molar-refractivity contribution >= 4 is 38.8 Å². The summed E-state index contributed by atoms with van der Waals surface area (Å²) >= 11 is 0. The number of sulfonamides is 1. The van der Waals surface area contributed by atoms with Crippen molar-refractivity contribution < 1.29 is 43.2 Å². The first kappa shape index (κ1) is 29.2. The van der Waals surface area contributed by atoms with E-state index in [4.69, 9.17) is 20.4 Å². The number of nitrogens with zero attached hydrogens (tertiary/aromatic N) is 1. The number of carbonyl (C=O) groups is 3. The number of hydrogen-bond donors (Lipinski definition) is 6. The maximum atomic E-state index is 11.6. The number of fused-ring (bicyclic) bond motifs is 1. The average molecular weight is 528 g/mol. The van der Waals surface area contributed by atoms with E-state index in [-0.39, 0.29) is 5.75 Å². The number of carboxylic acid groups (broad SMARTS) is 3. The predicted molar refractivity (Wildman–Crippen MR) is 131 cm³/mol. The Morgan fingerprint density at radius 1 is 1.11 bits per heavy atom. The molecule has 1 aromatic carbocycles. The molecule has 0 saturated carbocycles. The van der Waals surface area contributed by atoms with Gasteiger partial charge in [-0.2, -0.15) is 0 Å². The van der Waals surface area contributed by atoms with E-state index in [1.165, 1.54) is 30.8 Å². The van der Waals surface area contributed by atoms with Gasteiger partial charge in [-0.3, -0.25) is 9.59 Å². The smallest absolute Gasteiger partial charge is 0.336 e. The Morgan fingerprint density at radius 3 is 2.19 bits per heavy atom. The standard InChI is InChI=1S/C17H25N3O2S.C6H8O7/c1-18-23(21,22)10-7-13-3-4-17-15(11-13)16(12-19-17)14-5-8-20(2)9-6-14;7-3(8)1-6(13,5(11)12)2-4(9)10/h3-4,11-12,14,18-19H,5-10H2,1-2H3;13H,1-2H2,(H,7,8)(H,9,10)(H,11,12). The second-order valence-electron chi connectivity index (χ2n) is 8.95. The SMILES string of the molecule is CNS(=O)(=O)CCc1ccc2[nH]cc(C3CCN(C)CC3)c2c1.O=C(O)CC(O)(CC(=O)O)C(=O)O. The zero-order chi connectivity index (χ0) is 27.1. The van der Waals surface area contributed by atoms with Crippen molar-refractivity contribution in [1.82, 2.24) is 14.6 Å². The van der Waals surface area contributed by atoms with E-state index in [0.717, 1.165) is 24.2 Å². The van der Waals surface area contributed by atoms with Crippen LogP contribution in [-0.2, 0) is 30.8 Å². The molecule has 3 rings (SSSR count). The fourth-order valence-electron chi connectivity index (χ4n) is 4.07. The molecule has 0 spiro atoms. The summed E-state index contributed by atoms with van der Waals surface area (Å²) in [6.07, 6.45) is 2.75. The highest BCUT2D eigenvalue weighted by molar-refractivity contribution is 7.89. The van der Waals surface area contributed by atoms with Gasteiger partial charge >= 0.3 is 17.9 Å². The van der Waals surface area contributed by atoms with E-state index in [9.17, 15) is 22.8 Å². The molecule has 0 bridgehead atoms. The Hall–Kier alpha value is -3.00. The molecular formula is C23H33N3O9S. The molecular weight excluding hydrogens is 494 g/mol. The van der Waals surface area contributed by atoms with Crippen molar-refractivity contribution in [3.8, 4) is 0 Å². The molecule has 13 heteroatoms. The van der Waals surface area contributed by atoms with E-state index < -0.39 is 46.4 Å². The van der Waals surface area contributed by atoms with Gasteiger partial charge in [-0.25, -0.2) is 17.9 Å². The summed E-state index contributed by atoms with van der Waals surface area (Å²) in [7, 11) is 0.476. The molecule has 0 radical (unpaired) electrons. The molecule has 36 heavy (non-hydrogen) atoms. The lowest BCUT2D eigenvalue weighted by Crippen LogP contribution is -2.42. The van der Waals surface area contributed by atoms with Gasteiger partial charge in [-0.1, -0.05) is 6.07 Å². The molecule has 1 aliphatic heterocycles. The maximum absolute atomic E-state index is 11.6. The van der Waals surface area contributed by atoms with Gasteiger partial charge in [0.2, 0.25) is 10.0 Å². The van der Waals surface area contributed by atoms with Crippen LogP contribution in [0.1, 0.15) is 42.7 Å². The van der Waals surface area contributed by atoms with Gasteiger partial charge in [0, 0.05) is 17.1 Å². The van der Waals surface area contributed by atoms with Crippen molar-refractivity contribution in [2.45, 2.75) is 43.6 Å². The van der Waals surface area contributed by atoms with Gasteiger partial charge < -0.3 is 30.3 Å². The lowest BCUT2D eigenvalue weighted by molar-refractivity contribution is -0.170. The van der Waals surface area contributed by atoms with E-state index in [1.807, 2.05) is 6.07 Å². The van der Waals surface area contributed by atoms with Crippen LogP contribution < -0.4 is 4.72 Å². The van der Waals surface area contributed by atoms with Crippen molar-refractivity contribution in [3.05, 3.63) is 35.5 Å². The van der Waals surface area contributed by atoms with Gasteiger partial charge in [-0.05, 0) is 75.6 Å². The number of hydrogen-bond acceptors (Lipinski definition) is 7. The molecule has 0 atom stereocenters. The largest absolute Gasteiger partial charge is 0.481 e. The number of nitrogens with one attached hydrogen (secondary N) is 2. The zero-order valence-electron chi connectivity index (χ0n) is 20.2. The number of aliphatic carboxylic acids is 3. The number of piperidine rings is 1. The van der Waals surface area contributed by atoms with Crippen LogP contribution in [0.2, 0.25) is 0 Å². The van der Waals surface area contributed by atoms with Crippen molar-refractivity contribution in [3.63, 3.8) is 0 Å². The molecule has 200 valence electrons. The minimum Gasteiger partial charge on any atom is -0.481 e. The summed E-state index contributed by atoms with van der Waals surface area (Å²) in [6.45, 7) is 2.27. The lowest BCUT2D eigenvalue weighted by atomic mass is 9.89. The highest BCUT2D eigenvalue weighted by Crippen LogP contribution is 2.33. The Morgan fingerprint density at radius 2 is 1.69 bits per heavy atom. The Balaban J connectivity index is 0.000000302. The second kappa shape index (κ2) is 12.3. The van der Waals surface area contributed by atoms with Gasteiger partial charge in [0.15, 0.2) is 5.60 Å². The fraction of sp³-hybridized carbons (Fsp3) is 0.522. The number of aliphatic hydroxyl groups is 1. The molecule has 2 heterocycles. The van der Waals surface area contributed by atoms with Crippen LogP contribution in [0, 0.1) is 0 Å². The summed E-state index contributed by atoms with van der Waals surface area (Å²) in [5, 5.41) is 35.1. The summed E-state index contributed by atoms with van der Waals surface area (Å²) in [5.41, 5.74) is 0.855. The van der Waals surface area contributed by atoms with Crippen LogP contribution in [0.15, 0.2) is 24.4 Å². The molecule has 12 nitrogen and oxygen atoms in total. The third kappa shape index (κ3) is 8.29. The van der Waals surface area contributed by atoms with Crippen LogP contribution in [-0.4, -0.2) is 95.2 Å². The molecule has 2 aromatic rings. The molecule has 1 aliphatic rings. The third-order valence-corrected chi connectivity index (χ3v) is 7.56. The summed E-state index contributed by atoms with van der Waals surface area (Å²) in [6, 6.07) is 6.24. The van der Waals surface area contributed by atoms with Crippen LogP contribution >= 0.6 is 0 Å².